The first-order chi connectivity index (χ1) is 8.42. The van der Waals surface area contributed by atoms with Gasteiger partial charge in [-0.05, 0) is 34.7 Å². The van der Waals surface area contributed by atoms with Crippen LogP contribution in [-0.4, -0.2) is 12.2 Å². The molecule has 0 unspecified atom stereocenters. The Bertz CT molecular complexity index is 576. The third kappa shape index (κ3) is 0.992. The lowest BCUT2D eigenvalue weighted by Crippen LogP contribution is -2.29. The van der Waals surface area contributed by atoms with Crippen LogP contribution in [0.15, 0.2) is 36.4 Å². The van der Waals surface area contributed by atoms with E-state index in [9.17, 15) is 0 Å². The van der Waals surface area contributed by atoms with Crippen LogP contribution in [0.3, 0.4) is 0 Å². The average Bonchev–Trinajstić information content (AvgIpc) is 3.18. The van der Waals surface area contributed by atoms with E-state index in [-0.39, 0.29) is 0 Å². The lowest BCUT2D eigenvalue weighted by atomic mass is 9.66. The molecule has 1 saturated heterocycles. The van der Waals surface area contributed by atoms with Gasteiger partial charge in [0.05, 0.1) is 12.2 Å². The normalized spacial score (nSPS) is 36.7. The molecule has 0 spiro atoms. The molecule has 2 aromatic rings. The summed E-state index contributed by atoms with van der Waals surface area (Å²) in [5.74, 6) is 1.37. The lowest BCUT2D eigenvalue weighted by Gasteiger charge is -2.35. The summed E-state index contributed by atoms with van der Waals surface area (Å²) in [5.41, 5.74) is 3.16. The van der Waals surface area contributed by atoms with E-state index in [1.54, 1.807) is 11.1 Å². The number of rotatable bonds is 0. The van der Waals surface area contributed by atoms with Gasteiger partial charge < -0.3 is 4.74 Å². The molecule has 6 rings (SSSR count). The molecule has 84 valence electrons. The highest BCUT2D eigenvalue weighted by atomic mass is 16.6. The Morgan fingerprint density at radius 1 is 0.824 bits per heavy atom. The molecule has 0 amide bonds. The summed E-state index contributed by atoms with van der Waals surface area (Å²) in [6, 6.07) is 13.5. The van der Waals surface area contributed by atoms with E-state index in [1.807, 2.05) is 0 Å². The van der Waals surface area contributed by atoms with Crippen LogP contribution in [0.4, 0.5) is 0 Å². The molecular formula is C16H14O. The van der Waals surface area contributed by atoms with Crippen molar-refractivity contribution in [1.29, 1.82) is 0 Å². The highest BCUT2D eigenvalue weighted by Gasteiger charge is 2.57. The molecule has 0 aromatic heterocycles. The van der Waals surface area contributed by atoms with Gasteiger partial charge in [0.15, 0.2) is 0 Å². The Morgan fingerprint density at radius 3 is 1.88 bits per heavy atom. The molecule has 1 saturated carbocycles. The van der Waals surface area contributed by atoms with Gasteiger partial charge in [-0.25, -0.2) is 0 Å². The third-order valence-electron chi connectivity index (χ3n) is 4.89. The van der Waals surface area contributed by atoms with E-state index >= 15 is 0 Å². The van der Waals surface area contributed by atoms with Crippen molar-refractivity contribution >= 4 is 10.8 Å². The molecule has 0 N–H and O–H groups in total. The zero-order valence-corrected chi connectivity index (χ0v) is 9.60. The molecular weight excluding hydrogens is 208 g/mol. The van der Waals surface area contributed by atoms with E-state index < -0.39 is 0 Å². The minimum Gasteiger partial charge on any atom is -0.368 e. The van der Waals surface area contributed by atoms with Crippen LogP contribution in [-0.2, 0) is 4.74 Å². The van der Waals surface area contributed by atoms with Crippen molar-refractivity contribution in [2.45, 2.75) is 36.9 Å². The van der Waals surface area contributed by atoms with Crippen molar-refractivity contribution in [3.63, 3.8) is 0 Å². The van der Waals surface area contributed by atoms with Gasteiger partial charge in [0.25, 0.3) is 0 Å². The minimum atomic E-state index is 0.558. The van der Waals surface area contributed by atoms with Gasteiger partial charge in [-0.1, -0.05) is 36.4 Å². The van der Waals surface area contributed by atoms with Crippen LogP contribution in [0.2, 0.25) is 0 Å². The van der Waals surface area contributed by atoms with Gasteiger partial charge in [-0.3, -0.25) is 0 Å². The first-order valence-electron chi connectivity index (χ1n) is 6.60. The van der Waals surface area contributed by atoms with Crippen molar-refractivity contribution in [3.8, 4) is 0 Å². The maximum absolute atomic E-state index is 5.87. The van der Waals surface area contributed by atoms with Crippen LogP contribution in [0.1, 0.15) is 35.8 Å². The monoisotopic (exact) mass is 222 g/mol. The highest BCUT2D eigenvalue weighted by Crippen LogP contribution is 2.59. The second kappa shape index (κ2) is 2.73. The van der Waals surface area contributed by atoms with Crippen LogP contribution >= 0.6 is 0 Å². The highest BCUT2D eigenvalue weighted by molar-refractivity contribution is 5.85. The molecule has 1 heteroatoms. The minimum absolute atomic E-state index is 0.558. The molecule has 3 aliphatic carbocycles. The summed E-state index contributed by atoms with van der Waals surface area (Å²) in [4.78, 5) is 0. The standard InChI is InChI=1S/C16H14O/c1-2-4-10-8-14-12-6-5-11(15-16(12)17-15)13(14)7-9(10)3-1/h1-4,7-8,11-12,15-16H,5-6H2/t11-,12+,15-,16+. The van der Waals surface area contributed by atoms with Crippen LogP contribution in [0.25, 0.3) is 10.8 Å². The summed E-state index contributed by atoms with van der Waals surface area (Å²) in [7, 11) is 0. The van der Waals surface area contributed by atoms with Crippen molar-refractivity contribution in [2.75, 3.05) is 0 Å². The summed E-state index contributed by atoms with van der Waals surface area (Å²) in [6.07, 6.45) is 3.78. The van der Waals surface area contributed by atoms with Crippen LogP contribution in [0, 0.1) is 0 Å². The summed E-state index contributed by atoms with van der Waals surface area (Å²) in [5, 5.41) is 2.77. The van der Waals surface area contributed by atoms with Crippen molar-refractivity contribution in [2.24, 2.45) is 0 Å². The molecule has 4 atom stereocenters. The smallest absolute Gasteiger partial charge is 0.0916 e. The van der Waals surface area contributed by atoms with E-state index in [1.165, 1.54) is 23.6 Å². The quantitative estimate of drug-likeness (QED) is 0.621. The Hall–Kier alpha value is -1.34. The largest absolute Gasteiger partial charge is 0.368 e. The van der Waals surface area contributed by atoms with E-state index in [2.05, 4.69) is 36.4 Å². The number of hydrogen-bond acceptors (Lipinski definition) is 1. The molecule has 2 fully saturated rings. The molecule has 17 heavy (non-hydrogen) atoms. The van der Waals surface area contributed by atoms with Crippen molar-refractivity contribution in [1.82, 2.24) is 0 Å². The van der Waals surface area contributed by atoms with Crippen LogP contribution < -0.4 is 0 Å². The molecule has 1 nitrogen and oxygen atoms in total. The SMILES string of the molecule is c1ccc2cc3c(cc2c1)[C@H]1CC[C@@H]3[C@@H]2O[C@@H]21. The zero-order chi connectivity index (χ0) is 11.0. The Balaban J connectivity index is 1.84. The molecule has 1 aliphatic heterocycles. The molecule has 4 aliphatic rings. The number of fused-ring (bicyclic) bond motifs is 2. The van der Waals surface area contributed by atoms with E-state index in [0.29, 0.717) is 24.0 Å². The van der Waals surface area contributed by atoms with Gasteiger partial charge in [-0.2, -0.15) is 0 Å². The zero-order valence-electron chi connectivity index (χ0n) is 9.60. The summed E-state index contributed by atoms with van der Waals surface area (Å²) >= 11 is 0. The van der Waals surface area contributed by atoms with E-state index in [0.717, 1.165) is 0 Å². The van der Waals surface area contributed by atoms with Gasteiger partial charge in [0.2, 0.25) is 0 Å². The number of epoxide rings is 1. The third-order valence-corrected chi connectivity index (χ3v) is 4.89. The fraction of sp³-hybridized carbons (Fsp3) is 0.375. The van der Waals surface area contributed by atoms with Crippen molar-refractivity contribution in [3.05, 3.63) is 47.5 Å². The maximum atomic E-state index is 5.87. The average molecular weight is 222 g/mol. The molecule has 0 radical (unpaired) electrons. The molecule has 2 aromatic carbocycles. The Kier molecular flexibility index (Phi) is 1.40. The predicted octanol–water partition coefficient (Wildman–Crippen LogP) is 3.58. The van der Waals surface area contributed by atoms with Gasteiger partial charge in [0.1, 0.15) is 0 Å². The predicted molar refractivity (Wildman–Crippen MR) is 67.3 cm³/mol. The van der Waals surface area contributed by atoms with Crippen LogP contribution in [0.5, 0.6) is 0 Å². The first kappa shape index (κ1) is 8.71. The first-order valence-corrected chi connectivity index (χ1v) is 6.60. The molecule has 2 bridgehead atoms. The maximum Gasteiger partial charge on any atom is 0.0916 e. The number of hydrogen-bond donors (Lipinski definition) is 0. The second-order valence-electron chi connectivity index (χ2n) is 5.68. The second-order valence-corrected chi connectivity index (χ2v) is 5.68. The van der Waals surface area contributed by atoms with Gasteiger partial charge >= 0.3 is 0 Å². The Labute approximate surface area is 100 Å². The van der Waals surface area contributed by atoms with E-state index in [4.69, 9.17) is 4.74 Å². The van der Waals surface area contributed by atoms with Gasteiger partial charge in [0, 0.05) is 11.8 Å². The fourth-order valence-corrected chi connectivity index (χ4v) is 4.05. The topological polar surface area (TPSA) is 12.5 Å². The molecule has 1 heterocycles. The van der Waals surface area contributed by atoms with Gasteiger partial charge in [-0.15, -0.1) is 0 Å². The summed E-state index contributed by atoms with van der Waals surface area (Å²) in [6.45, 7) is 0. The number of ether oxygens (including phenoxy) is 1. The Morgan fingerprint density at radius 2 is 1.35 bits per heavy atom. The fourth-order valence-electron chi connectivity index (χ4n) is 4.05. The lowest BCUT2D eigenvalue weighted by molar-refractivity contribution is 0.361. The van der Waals surface area contributed by atoms with Crippen molar-refractivity contribution < 1.29 is 4.74 Å². The summed E-state index contributed by atoms with van der Waals surface area (Å²) < 4.78 is 5.87. The number of benzene rings is 2.